The van der Waals surface area contributed by atoms with Crippen LogP contribution in [0, 0.1) is 13.8 Å². The zero-order valence-corrected chi connectivity index (χ0v) is 24.5. The summed E-state index contributed by atoms with van der Waals surface area (Å²) in [6.45, 7) is 4.23. The second-order valence-corrected chi connectivity index (χ2v) is 10.6. The number of hydrogen-bond donors (Lipinski definition) is 1. The van der Waals surface area contributed by atoms with Crippen LogP contribution in [0.15, 0.2) is 78.4 Å². The highest BCUT2D eigenvalue weighted by atomic mass is 35.5. The molecule has 6 nitrogen and oxygen atoms in total. The summed E-state index contributed by atoms with van der Waals surface area (Å²) in [5.41, 5.74) is 4.49. The molecule has 1 N–H and O–H groups in total. The second-order valence-electron chi connectivity index (χ2n) is 9.07. The van der Waals surface area contributed by atoms with Crippen molar-refractivity contribution in [2.75, 3.05) is 4.90 Å². The third-order valence-corrected chi connectivity index (χ3v) is 7.95. The molecule has 0 aliphatic carbocycles. The maximum absolute atomic E-state index is 13.5. The Morgan fingerprint density at radius 1 is 0.925 bits per heavy atom. The number of ether oxygens (including phenoxy) is 1. The molecule has 0 radical (unpaired) electrons. The lowest BCUT2D eigenvalue weighted by Gasteiger charge is -2.29. The van der Waals surface area contributed by atoms with Gasteiger partial charge in [0.2, 0.25) is 0 Å². The number of carbonyl (C=O) groups is 2. The predicted molar refractivity (Wildman–Crippen MR) is 164 cm³/mol. The first-order chi connectivity index (χ1) is 19.2. The Kier molecular flexibility index (Phi) is 8.01. The van der Waals surface area contributed by atoms with Gasteiger partial charge in [0.25, 0.3) is 11.8 Å². The summed E-state index contributed by atoms with van der Waals surface area (Å²) in [5, 5.41) is 3.59. The van der Waals surface area contributed by atoms with Crippen LogP contribution in [0.3, 0.4) is 0 Å². The van der Waals surface area contributed by atoms with Crippen LogP contribution in [0.5, 0.6) is 5.75 Å². The molecule has 2 heterocycles. The lowest BCUT2D eigenvalue weighted by atomic mass is 10.1. The fraction of sp³-hybridized carbons (Fsp3) is 0.100. The van der Waals surface area contributed by atoms with Crippen LogP contribution in [-0.4, -0.2) is 21.5 Å². The molecule has 0 spiro atoms. The highest BCUT2D eigenvalue weighted by Gasteiger charge is 2.36. The van der Waals surface area contributed by atoms with Crippen LogP contribution >= 0.6 is 47.0 Å². The number of rotatable bonds is 6. The van der Waals surface area contributed by atoms with E-state index in [4.69, 9.17) is 51.8 Å². The lowest BCUT2D eigenvalue weighted by Crippen LogP contribution is -2.54. The summed E-state index contributed by atoms with van der Waals surface area (Å²) in [4.78, 5) is 27.5. The Morgan fingerprint density at radius 2 is 1.62 bits per heavy atom. The van der Waals surface area contributed by atoms with Gasteiger partial charge in [-0.25, -0.2) is 0 Å². The van der Waals surface area contributed by atoms with E-state index in [0.29, 0.717) is 22.9 Å². The van der Waals surface area contributed by atoms with E-state index >= 15 is 0 Å². The number of hydrogen-bond acceptors (Lipinski definition) is 4. The number of benzene rings is 3. The molecule has 1 aliphatic rings. The van der Waals surface area contributed by atoms with E-state index in [1.54, 1.807) is 24.3 Å². The van der Waals surface area contributed by atoms with Crippen LogP contribution in [0.1, 0.15) is 22.5 Å². The van der Waals surface area contributed by atoms with E-state index in [1.807, 2.05) is 73.0 Å². The van der Waals surface area contributed by atoms with Gasteiger partial charge in [-0.1, -0.05) is 59.1 Å². The molecular weight excluding hydrogens is 589 g/mol. The monoisotopic (exact) mass is 609 g/mol. The highest BCUT2D eigenvalue weighted by molar-refractivity contribution is 7.80. The molecule has 0 bridgehead atoms. The molecule has 1 saturated heterocycles. The van der Waals surface area contributed by atoms with Gasteiger partial charge in [0.1, 0.15) is 17.9 Å². The standard InChI is InChI=1S/C30H22Cl3N3O3S/c1-17-14-20(15-23-28(37)34-30(40)36(29(23)38)26-9-5-8-25(32)27(26)33)18(2)35(17)21-10-12-22(13-11-21)39-16-19-6-3-4-7-24(19)31/h3-15H,16H2,1-2H3,(H,34,37,40)/b23-15+. The van der Waals surface area contributed by atoms with E-state index in [2.05, 4.69) is 5.32 Å². The molecule has 1 fully saturated rings. The summed E-state index contributed by atoms with van der Waals surface area (Å²) >= 11 is 24.0. The zero-order chi connectivity index (χ0) is 28.6. The molecule has 202 valence electrons. The molecule has 40 heavy (non-hydrogen) atoms. The van der Waals surface area contributed by atoms with Gasteiger partial charge in [-0.05, 0) is 86.2 Å². The summed E-state index contributed by atoms with van der Waals surface area (Å²) in [7, 11) is 0. The van der Waals surface area contributed by atoms with E-state index in [-0.39, 0.29) is 26.4 Å². The van der Waals surface area contributed by atoms with Crippen molar-refractivity contribution in [2.45, 2.75) is 20.5 Å². The maximum Gasteiger partial charge on any atom is 0.270 e. The molecule has 1 aliphatic heterocycles. The fourth-order valence-electron chi connectivity index (χ4n) is 4.50. The van der Waals surface area contributed by atoms with Gasteiger partial charge < -0.3 is 9.30 Å². The van der Waals surface area contributed by atoms with Gasteiger partial charge >= 0.3 is 0 Å². The smallest absolute Gasteiger partial charge is 0.270 e. The molecule has 5 rings (SSSR count). The first-order valence-electron chi connectivity index (χ1n) is 12.2. The Hall–Kier alpha value is -3.62. The van der Waals surface area contributed by atoms with Crippen molar-refractivity contribution in [1.82, 2.24) is 9.88 Å². The number of carbonyl (C=O) groups excluding carboxylic acids is 2. The number of nitrogens with one attached hydrogen (secondary N) is 1. The third kappa shape index (κ3) is 5.38. The van der Waals surface area contributed by atoms with Gasteiger partial charge in [0.05, 0.1) is 15.7 Å². The molecule has 2 amide bonds. The number of thiocarbonyl (C=S) groups is 1. The SMILES string of the molecule is Cc1cc(/C=C2\C(=O)NC(=S)N(c3cccc(Cl)c3Cl)C2=O)c(C)n1-c1ccc(OCc2ccccc2Cl)cc1. The largest absolute Gasteiger partial charge is 0.489 e. The lowest BCUT2D eigenvalue weighted by molar-refractivity contribution is -0.122. The summed E-state index contributed by atoms with van der Waals surface area (Å²) in [5.74, 6) is -0.481. The molecule has 0 saturated carbocycles. The maximum atomic E-state index is 13.5. The van der Waals surface area contributed by atoms with Gasteiger partial charge in [-0.2, -0.15) is 0 Å². The Labute approximate surface area is 251 Å². The molecule has 1 aromatic heterocycles. The van der Waals surface area contributed by atoms with E-state index in [1.165, 1.54) is 4.90 Å². The number of aryl methyl sites for hydroxylation is 1. The summed E-state index contributed by atoms with van der Waals surface area (Å²) in [6, 6.07) is 22.0. The fourth-order valence-corrected chi connectivity index (χ4v) is 5.34. The number of nitrogens with zero attached hydrogens (tertiary/aromatic N) is 2. The third-order valence-electron chi connectivity index (χ3n) is 6.49. The van der Waals surface area contributed by atoms with Crippen LogP contribution < -0.4 is 15.0 Å². The van der Waals surface area contributed by atoms with E-state index in [9.17, 15) is 9.59 Å². The zero-order valence-electron chi connectivity index (χ0n) is 21.4. The summed E-state index contributed by atoms with van der Waals surface area (Å²) in [6.07, 6.45) is 1.56. The van der Waals surface area contributed by atoms with Crippen LogP contribution in [-0.2, 0) is 16.2 Å². The second kappa shape index (κ2) is 11.5. The molecule has 10 heteroatoms. The van der Waals surface area contributed by atoms with Crippen molar-refractivity contribution < 1.29 is 14.3 Å². The number of amides is 2. The average molecular weight is 611 g/mol. The Bertz CT molecular complexity index is 1700. The minimum atomic E-state index is -0.595. The van der Waals surface area contributed by atoms with Crippen molar-refractivity contribution in [3.05, 3.63) is 116 Å². The summed E-state index contributed by atoms with van der Waals surface area (Å²) < 4.78 is 7.94. The average Bonchev–Trinajstić information content (AvgIpc) is 3.21. The number of aromatic nitrogens is 1. The molecule has 0 atom stereocenters. The van der Waals surface area contributed by atoms with Gasteiger partial charge in [0, 0.05) is 27.7 Å². The van der Waals surface area contributed by atoms with E-state index in [0.717, 1.165) is 22.6 Å². The normalized spacial score (nSPS) is 14.6. The van der Waals surface area contributed by atoms with Gasteiger partial charge in [-0.3, -0.25) is 19.8 Å². The quantitative estimate of drug-likeness (QED) is 0.140. The van der Waals surface area contributed by atoms with Crippen LogP contribution in [0.2, 0.25) is 15.1 Å². The Morgan fingerprint density at radius 3 is 2.35 bits per heavy atom. The van der Waals surface area contributed by atoms with E-state index < -0.39 is 11.8 Å². The van der Waals surface area contributed by atoms with Crippen LogP contribution in [0.25, 0.3) is 11.8 Å². The Balaban J connectivity index is 1.42. The highest BCUT2D eigenvalue weighted by Crippen LogP contribution is 2.35. The molecular formula is C30H22Cl3N3O3S. The minimum Gasteiger partial charge on any atom is -0.489 e. The predicted octanol–water partition coefficient (Wildman–Crippen LogP) is 7.46. The topological polar surface area (TPSA) is 63.6 Å². The first kappa shape index (κ1) is 27.9. The van der Waals surface area contributed by atoms with Crippen molar-refractivity contribution in [2.24, 2.45) is 0 Å². The van der Waals surface area contributed by atoms with Crippen molar-refractivity contribution in [3.63, 3.8) is 0 Å². The van der Waals surface area contributed by atoms with Crippen molar-refractivity contribution >= 4 is 75.7 Å². The minimum absolute atomic E-state index is 0.0707. The van der Waals surface area contributed by atoms with Crippen LogP contribution in [0.4, 0.5) is 5.69 Å². The van der Waals surface area contributed by atoms with Gasteiger partial charge in [-0.15, -0.1) is 0 Å². The molecule has 4 aromatic rings. The molecule has 0 unspecified atom stereocenters. The van der Waals surface area contributed by atoms with Crippen molar-refractivity contribution in [1.29, 1.82) is 0 Å². The van der Waals surface area contributed by atoms with Gasteiger partial charge in [0.15, 0.2) is 5.11 Å². The number of anilines is 1. The first-order valence-corrected chi connectivity index (χ1v) is 13.7. The molecule has 3 aromatic carbocycles. The number of halogens is 3. The van der Waals surface area contributed by atoms with Crippen molar-refractivity contribution in [3.8, 4) is 11.4 Å².